The van der Waals surface area contributed by atoms with Crippen molar-refractivity contribution < 1.29 is 28.7 Å². The number of anilines is 1. The molecule has 2 aromatic carbocycles. The average Bonchev–Trinajstić information content (AvgIpc) is 2.80. The van der Waals surface area contributed by atoms with E-state index in [0.29, 0.717) is 5.69 Å². The molecule has 11 heteroatoms. The molecule has 0 unspecified atom stereocenters. The Balaban J connectivity index is 2.03. The quantitative estimate of drug-likeness (QED) is 0.368. The van der Waals surface area contributed by atoms with Crippen LogP contribution >= 0.6 is 0 Å². The zero-order valence-corrected chi connectivity index (χ0v) is 20.1. The molecule has 2 rings (SSSR count). The van der Waals surface area contributed by atoms with E-state index in [1.165, 1.54) is 26.4 Å². The van der Waals surface area contributed by atoms with Crippen LogP contribution in [0.3, 0.4) is 0 Å². The number of hydrogen-bond donors (Lipinski definition) is 3. The SMILES string of the molecule is COc1cc(COC(=O)NNC(=O)Nc2c(C(C)C)cccc2C(C)C)c([N+](=O)[O-])cc1OC. The number of hydrogen-bond acceptors (Lipinski definition) is 7. The van der Waals surface area contributed by atoms with Crippen LogP contribution in [0.4, 0.5) is 21.0 Å². The van der Waals surface area contributed by atoms with Crippen LogP contribution in [0, 0.1) is 10.1 Å². The van der Waals surface area contributed by atoms with Crippen LogP contribution in [0.5, 0.6) is 11.5 Å². The van der Waals surface area contributed by atoms with E-state index >= 15 is 0 Å². The van der Waals surface area contributed by atoms with Crippen molar-refractivity contribution >= 4 is 23.5 Å². The molecule has 11 nitrogen and oxygen atoms in total. The number of nitro groups is 1. The molecule has 0 atom stereocenters. The molecule has 2 aromatic rings. The lowest BCUT2D eigenvalue weighted by Gasteiger charge is -2.20. The van der Waals surface area contributed by atoms with Gasteiger partial charge in [-0.25, -0.2) is 20.4 Å². The van der Waals surface area contributed by atoms with Crippen molar-refractivity contribution in [2.45, 2.75) is 46.1 Å². The minimum atomic E-state index is -1.000. The van der Waals surface area contributed by atoms with Gasteiger partial charge in [-0.15, -0.1) is 0 Å². The maximum Gasteiger partial charge on any atom is 0.426 e. The molecule has 0 aromatic heterocycles. The molecule has 0 saturated heterocycles. The first-order valence-electron chi connectivity index (χ1n) is 10.6. The smallest absolute Gasteiger partial charge is 0.426 e. The minimum Gasteiger partial charge on any atom is -0.493 e. The van der Waals surface area contributed by atoms with E-state index in [-0.39, 0.29) is 34.6 Å². The molecule has 0 heterocycles. The molecule has 0 aliphatic rings. The van der Waals surface area contributed by atoms with Gasteiger partial charge in [0, 0.05) is 5.69 Å². The lowest BCUT2D eigenvalue weighted by Crippen LogP contribution is -2.44. The van der Waals surface area contributed by atoms with Crippen LogP contribution < -0.4 is 25.6 Å². The third-order valence-corrected chi connectivity index (χ3v) is 5.03. The number of ether oxygens (including phenoxy) is 3. The molecule has 184 valence electrons. The molecule has 0 aliphatic heterocycles. The van der Waals surface area contributed by atoms with Crippen molar-refractivity contribution in [1.29, 1.82) is 0 Å². The zero-order chi connectivity index (χ0) is 25.4. The number of carbonyl (C=O) groups excluding carboxylic acids is 2. The first-order valence-corrected chi connectivity index (χ1v) is 10.6. The summed E-state index contributed by atoms with van der Waals surface area (Å²) in [6.45, 7) is 7.65. The summed E-state index contributed by atoms with van der Waals surface area (Å²) in [5.74, 6) is 0.756. The second-order valence-electron chi connectivity index (χ2n) is 7.99. The highest BCUT2D eigenvalue weighted by Crippen LogP contribution is 2.35. The Morgan fingerprint density at radius 2 is 1.53 bits per heavy atom. The van der Waals surface area contributed by atoms with Crippen LogP contribution in [0.2, 0.25) is 0 Å². The van der Waals surface area contributed by atoms with Gasteiger partial charge in [0.2, 0.25) is 0 Å². The number of nitro benzene ring substituents is 1. The Morgan fingerprint density at radius 1 is 0.971 bits per heavy atom. The summed E-state index contributed by atoms with van der Waals surface area (Å²) in [6.07, 6.45) is -1.000. The fraction of sp³-hybridized carbons (Fsp3) is 0.391. The van der Waals surface area contributed by atoms with Gasteiger partial charge >= 0.3 is 12.1 Å². The summed E-state index contributed by atoms with van der Waals surface area (Å²) in [6, 6.07) is 7.68. The Hall–Kier alpha value is -4.02. The van der Waals surface area contributed by atoms with E-state index in [0.717, 1.165) is 11.1 Å². The number of hydrazine groups is 1. The lowest BCUT2D eigenvalue weighted by molar-refractivity contribution is -0.385. The van der Waals surface area contributed by atoms with Gasteiger partial charge in [0.15, 0.2) is 11.5 Å². The molecule has 0 spiro atoms. The fourth-order valence-electron chi connectivity index (χ4n) is 3.32. The Bertz CT molecular complexity index is 1030. The predicted octanol–water partition coefficient (Wildman–Crippen LogP) is 4.82. The van der Waals surface area contributed by atoms with Gasteiger partial charge < -0.3 is 19.5 Å². The second kappa shape index (κ2) is 11.7. The largest absolute Gasteiger partial charge is 0.493 e. The maximum atomic E-state index is 12.4. The predicted molar refractivity (Wildman–Crippen MR) is 126 cm³/mol. The van der Waals surface area contributed by atoms with Gasteiger partial charge in [-0.05, 0) is 29.0 Å². The normalized spacial score (nSPS) is 10.6. The van der Waals surface area contributed by atoms with Gasteiger partial charge in [-0.3, -0.25) is 10.1 Å². The minimum absolute atomic E-state index is 0.0923. The summed E-state index contributed by atoms with van der Waals surface area (Å²) < 4.78 is 15.2. The zero-order valence-electron chi connectivity index (χ0n) is 20.1. The molecule has 0 saturated carbocycles. The Kier molecular flexibility index (Phi) is 9.05. The number of rotatable bonds is 8. The Labute approximate surface area is 197 Å². The van der Waals surface area contributed by atoms with E-state index < -0.39 is 23.7 Å². The topological polar surface area (TPSA) is 141 Å². The van der Waals surface area contributed by atoms with E-state index in [4.69, 9.17) is 14.2 Å². The summed E-state index contributed by atoms with van der Waals surface area (Å²) in [5, 5.41) is 14.1. The highest BCUT2D eigenvalue weighted by molar-refractivity contribution is 5.92. The standard InChI is InChI=1S/C23H30N4O7/c1-13(2)16-8-7-9-17(14(3)4)21(16)24-22(28)25-26-23(29)34-12-15-10-19(32-5)20(33-6)11-18(15)27(30)31/h7-11,13-14H,12H2,1-6H3,(H,26,29)(H2,24,25,28). The van der Waals surface area contributed by atoms with Crippen molar-refractivity contribution in [2.24, 2.45) is 0 Å². The fourth-order valence-corrected chi connectivity index (χ4v) is 3.32. The van der Waals surface area contributed by atoms with Crippen molar-refractivity contribution in [3.05, 3.63) is 57.1 Å². The maximum absolute atomic E-state index is 12.4. The molecule has 34 heavy (non-hydrogen) atoms. The van der Waals surface area contributed by atoms with Crippen LogP contribution in [-0.2, 0) is 11.3 Å². The van der Waals surface area contributed by atoms with Crippen molar-refractivity contribution in [3.63, 3.8) is 0 Å². The molecule has 0 fully saturated rings. The van der Waals surface area contributed by atoms with E-state index in [1.54, 1.807) is 0 Å². The summed E-state index contributed by atoms with van der Waals surface area (Å²) in [5.41, 5.74) is 6.74. The number of carbonyl (C=O) groups is 2. The van der Waals surface area contributed by atoms with Crippen LogP contribution in [-0.4, -0.2) is 31.3 Å². The average molecular weight is 475 g/mol. The van der Waals surface area contributed by atoms with Gasteiger partial charge in [0.1, 0.15) is 6.61 Å². The van der Waals surface area contributed by atoms with E-state index in [1.807, 2.05) is 45.9 Å². The summed E-state index contributed by atoms with van der Waals surface area (Å²) in [4.78, 5) is 35.2. The molecule has 3 N–H and O–H groups in total. The van der Waals surface area contributed by atoms with E-state index in [2.05, 4.69) is 16.2 Å². The Morgan fingerprint density at radius 3 is 2.03 bits per heavy atom. The molecule has 0 aliphatic carbocycles. The molecule has 3 amide bonds. The van der Waals surface area contributed by atoms with Crippen molar-refractivity contribution in [3.8, 4) is 11.5 Å². The highest BCUT2D eigenvalue weighted by atomic mass is 16.6. The first kappa shape index (κ1) is 26.2. The van der Waals surface area contributed by atoms with E-state index in [9.17, 15) is 19.7 Å². The number of para-hydroxylation sites is 1. The third kappa shape index (κ3) is 6.50. The molecular weight excluding hydrogens is 444 g/mol. The third-order valence-electron chi connectivity index (χ3n) is 5.03. The van der Waals surface area contributed by atoms with Crippen molar-refractivity contribution in [2.75, 3.05) is 19.5 Å². The van der Waals surface area contributed by atoms with Crippen LogP contribution in [0.25, 0.3) is 0 Å². The monoisotopic (exact) mass is 474 g/mol. The number of methoxy groups -OCH3 is 2. The number of benzene rings is 2. The molecule has 0 bridgehead atoms. The van der Waals surface area contributed by atoms with Gasteiger partial charge in [0.25, 0.3) is 5.69 Å². The number of amides is 3. The van der Waals surface area contributed by atoms with Gasteiger partial charge in [0.05, 0.1) is 30.8 Å². The van der Waals surface area contributed by atoms with Crippen LogP contribution in [0.15, 0.2) is 30.3 Å². The number of urea groups is 1. The van der Waals surface area contributed by atoms with Gasteiger partial charge in [-0.1, -0.05) is 45.9 Å². The summed E-state index contributed by atoms with van der Waals surface area (Å²) in [7, 11) is 2.73. The van der Waals surface area contributed by atoms with Crippen LogP contribution in [0.1, 0.15) is 56.2 Å². The number of nitrogens with one attached hydrogen (secondary N) is 3. The lowest BCUT2D eigenvalue weighted by atomic mass is 9.93. The van der Waals surface area contributed by atoms with Crippen molar-refractivity contribution in [1.82, 2.24) is 10.9 Å². The highest BCUT2D eigenvalue weighted by Gasteiger charge is 2.21. The molecule has 0 radical (unpaired) electrons. The number of nitrogens with zero attached hydrogens (tertiary/aromatic N) is 1. The molecular formula is C23H30N4O7. The van der Waals surface area contributed by atoms with Gasteiger partial charge in [-0.2, -0.15) is 0 Å². The second-order valence-corrected chi connectivity index (χ2v) is 7.99. The summed E-state index contributed by atoms with van der Waals surface area (Å²) >= 11 is 0. The first-order chi connectivity index (χ1) is 16.1.